The molecule has 0 amide bonds. The summed E-state index contributed by atoms with van der Waals surface area (Å²) in [7, 11) is 0. The van der Waals surface area contributed by atoms with Crippen molar-refractivity contribution < 1.29 is 5.11 Å². The summed E-state index contributed by atoms with van der Waals surface area (Å²) in [6.07, 6.45) is 3.19. The number of nitrogens with one attached hydrogen (secondary N) is 1. The molecule has 0 aliphatic heterocycles. The molecule has 0 spiro atoms. The van der Waals surface area contributed by atoms with Crippen molar-refractivity contribution in [3.63, 3.8) is 0 Å². The molecule has 2 nitrogen and oxygen atoms in total. The zero-order chi connectivity index (χ0) is 18.9. The molecule has 0 unspecified atom stereocenters. The molecule has 0 bridgehead atoms. The summed E-state index contributed by atoms with van der Waals surface area (Å²) in [5, 5.41) is 13.1. The van der Waals surface area contributed by atoms with E-state index in [9.17, 15) is 5.11 Å². The lowest BCUT2D eigenvalue weighted by Crippen LogP contribution is -2.28. The van der Waals surface area contributed by atoms with Crippen molar-refractivity contribution in [1.29, 1.82) is 0 Å². The summed E-state index contributed by atoms with van der Waals surface area (Å²) >= 11 is 0. The predicted molar refractivity (Wildman–Crippen MR) is 113 cm³/mol. The van der Waals surface area contributed by atoms with E-state index in [1.165, 1.54) is 16.7 Å². The molecule has 0 fully saturated rings. The van der Waals surface area contributed by atoms with E-state index in [0.717, 1.165) is 25.8 Å². The van der Waals surface area contributed by atoms with Crippen LogP contribution < -0.4 is 5.32 Å². The van der Waals surface area contributed by atoms with E-state index >= 15 is 0 Å². The van der Waals surface area contributed by atoms with Crippen LogP contribution in [0.3, 0.4) is 0 Å². The molecular formula is C25H29NO. The SMILES string of the molecule is C[C@H](CCc1ccc(O)cc1)NCCC(c1ccccc1)c1ccccc1. The van der Waals surface area contributed by atoms with Gasteiger partial charge in [-0.05, 0) is 61.6 Å². The average Bonchev–Trinajstić information content (AvgIpc) is 2.72. The standard InChI is InChI=1S/C25H29NO/c1-20(12-13-21-14-16-24(27)17-15-21)26-19-18-25(22-8-4-2-5-9-22)23-10-6-3-7-11-23/h2-11,14-17,20,25-27H,12-13,18-19H2,1H3/t20-/m1/s1. The lowest BCUT2D eigenvalue weighted by molar-refractivity contribution is 0.474. The smallest absolute Gasteiger partial charge is 0.115 e. The fourth-order valence-electron chi connectivity index (χ4n) is 3.52. The van der Waals surface area contributed by atoms with E-state index in [0.29, 0.717) is 17.7 Å². The Hall–Kier alpha value is -2.58. The van der Waals surface area contributed by atoms with Gasteiger partial charge in [0, 0.05) is 12.0 Å². The van der Waals surface area contributed by atoms with Gasteiger partial charge >= 0.3 is 0 Å². The first-order chi connectivity index (χ1) is 13.2. The fourth-order valence-corrected chi connectivity index (χ4v) is 3.52. The van der Waals surface area contributed by atoms with Crippen molar-refractivity contribution in [2.75, 3.05) is 6.54 Å². The molecule has 140 valence electrons. The Morgan fingerprint density at radius 3 is 1.85 bits per heavy atom. The molecular weight excluding hydrogens is 330 g/mol. The molecule has 0 aromatic heterocycles. The number of phenols is 1. The molecule has 0 aliphatic carbocycles. The van der Waals surface area contributed by atoms with Gasteiger partial charge in [0.1, 0.15) is 5.75 Å². The van der Waals surface area contributed by atoms with Crippen LogP contribution in [0.15, 0.2) is 84.9 Å². The Labute approximate surface area is 162 Å². The van der Waals surface area contributed by atoms with Gasteiger partial charge in [0.15, 0.2) is 0 Å². The van der Waals surface area contributed by atoms with E-state index in [1.54, 1.807) is 12.1 Å². The number of aromatic hydroxyl groups is 1. The second-order valence-corrected chi connectivity index (χ2v) is 7.22. The van der Waals surface area contributed by atoms with Gasteiger partial charge in [0.25, 0.3) is 0 Å². The maximum atomic E-state index is 9.38. The highest BCUT2D eigenvalue weighted by Crippen LogP contribution is 2.27. The summed E-state index contributed by atoms with van der Waals surface area (Å²) in [4.78, 5) is 0. The van der Waals surface area contributed by atoms with Gasteiger partial charge in [-0.2, -0.15) is 0 Å². The lowest BCUT2D eigenvalue weighted by Gasteiger charge is -2.20. The molecule has 0 heterocycles. The number of benzene rings is 3. The van der Waals surface area contributed by atoms with E-state index in [4.69, 9.17) is 0 Å². The fraction of sp³-hybridized carbons (Fsp3) is 0.280. The molecule has 0 saturated heterocycles. The third-order valence-corrected chi connectivity index (χ3v) is 5.13. The summed E-state index contributed by atoms with van der Waals surface area (Å²) in [6, 6.07) is 29.6. The highest BCUT2D eigenvalue weighted by atomic mass is 16.3. The topological polar surface area (TPSA) is 32.3 Å². The van der Waals surface area contributed by atoms with Gasteiger partial charge in [-0.25, -0.2) is 0 Å². The molecule has 2 N–H and O–H groups in total. The predicted octanol–water partition coefficient (Wildman–Crippen LogP) is 5.53. The molecule has 0 aliphatic rings. The van der Waals surface area contributed by atoms with Crippen LogP contribution in [-0.2, 0) is 6.42 Å². The van der Waals surface area contributed by atoms with Gasteiger partial charge in [-0.15, -0.1) is 0 Å². The highest BCUT2D eigenvalue weighted by Gasteiger charge is 2.14. The lowest BCUT2D eigenvalue weighted by atomic mass is 9.88. The Balaban J connectivity index is 1.52. The Kier molecular flexibility index (Phi) is 7.06. The van der Waals surface area contributed by atoms with Gasteiger partial charge in [0.05, 0.1) is 0 Å². The molecule has 3 aromatic rings. The first kappa shape index (κ1) is 19.2. The van der Waals surface area contributed by atoms with Crippen LogP contribution in [0.1, 0.15) is 42.4 Å². The zero-order valence-corrected chi connectivity index (χ0v) is 16.0. The molecule has 2 heteroatoms. The van der Waals surface area contributed by atoms with E-state index in [1.807, 2.05) is 12.1 Å². The minimum absolute atomic E-state index is 0.331. The maximum Gasteiger partial charge on any atom is 0.115 e. The molecule has 0 radical (unpaired) electrons. The molecule has 3 aromatic carbocycles. The van der Waals surface area contributed by atoms with Gasteiger partial charge in [0.2, 0.25) is 0 Å². The van der Waals surface area contributed by atoms with Gasteiger partial charge in [-0.1, -0.05) is 72.8 Å². The number of rotatable bonds is 9. The minimum Gasteiger partial charge on any atom is -0.508 e. The van der Waals surface area contributed by atoms with Crippen LogP contribution in [0.25, 0.3) is 0 Å². The monoisotopic (exact) mass is 359 g/mol. The van der Waals surface area contributed by atoms with Crippen LogP contribution in [0.2, 0.25) is 0 Å². The summed E-state index contributed by atoms with van der Waals surface area (Å²) in [5.41, 5.74) is 4.03. The molecule has 0 saturated carbocycles. The first-order valence-corrected chi connectivity index (χ1v) is 9.83. The first-order valence-electron chi connectivity index (χ1n) is 9.83. The molecule has 1 atom stereocenters. The van der Waals surface area contributed by atoms with E-state index in [-0.39, 0.29) is 0 Å². The normalized spacial score (nSPS) is 12.2. The van der Waals surface area contributed by atoms with Crippen molar-refractivity contribution in [3.05, 3.63) is 102 Å². The van der Waals surface area contributed by atoms with Crippen molar-refractivity contribution in [2.24, 2.45) is 0 Å². The third kappa shape index (κ3) is 5.97. The highest BCUT2D eigenvalue weighted by molar-refractivity contribution is 5.32. The van der Waals surface area contributed by atoms with Crippen molar-refractivity contribution in [3.8, 4) is 5.75 Å². The van der Waals surface area contributed by atoms with Crippen LogP contribution in [0, 0.1) is 0 Å². The Bertz CT molecular complexity index is 744. The second kappa shape index (κ2) is 9.94. The van der Waals surface area contributed by atoms with E-state index in [2.05, 4.69) is 72.9 Å². The Morgan fingerprint density at radius 2 is 1.30 bits per heavy atom. The van der Waals surface area contributed by atoms with Crippen molar-refractivity contribution >= 4 is 0 Å². The molecule has 27 heavy (non-hydrogen) atoms. The van der Waals surface area contributed by atoms with Crippen molar-refractivity contribution in [2.45, 2.75) is 38.1 Å². The number of hydrogen-bond donors (Lipinski definition) is 2. The number of phenolic OH excluding ortho intramolecular Hbond substituents is 1. The molecule has 3 rings (SSSR count). The zero-order valence-electron chi connectivity index (χ0n) is 16.0. The van der Waals surface area contributed by atoms with Gasteiger partial charge in [-0.3, -0.25) is 0 Å². The summed E-state index contributed by atoms with van der Waals surface area (Å²) in [5.74, 6) is 0.752. The average molecular weight is 360 g/mol. The second-order valence-electron chi connectivity index (χ2n) is 7.22. The van der Waals surface area contributed by atoms with Crippen molar-refractivity contribution in [1.82, 2.24) is 5.32 Å². The van der Waals surface area contributed by atoms with Crippen LogP contribution in [0.5, 0.6) is 5.75 Å². The van der Waals surface area contributed by atoms with Crippen LogP contribution >= 0.6 is 0 Å². The van der Waals surface area contributed by atoms with Crippen LogP contribution in [-0.4, -0.2) is 17.7 Å². The largest absolute Gasteiger partial charge is 0.508 e. The Morgan fingerprint density at radius 1 is 0.741 bits per heavy atom. The number of aryl methyl sites for hydroxylation is 1. The summed E-state index contributed by atoms with van der Waals surface area (Å²) in [6.45, 7) is 3.24. The quantitative estimate of drug-likeness (QED) is 0.527. The minimum atomic E-state index is 0.331. The third-order valence-electron chi connectivity index (χ3n) is 5.13. The summed E-state index contributed by atoms with van der Waals surface area (Å²) < 4.78 is 0. The number of hydrogen-bond acceptors (Lipinski definition) is 2. The van der Waals surface area contributed by atoms with E-state index < -0.39 is 0 Å². The maximum absolute atomic E-state index is 9.38. The van der Waals surface area contributed by atoms with Crippen LogP contribution in [0.4, 0.5) is 0 Å². The van der Waals surface area contributed by atoms with Gasteiger partial charge < -0.3 is 10.4 Å².